The molecule has 3 N–H and O–H groups in total. The first-order valence-electron chi connectivity index (χ1n) is 13.5. The van der Waals surface area contributed by atoms with Crippen molar-refractivity contribution in [2.45, 2.75) is 96.6 Å². The number of oxime groups is 1. The van der Waals surface area contributed by atoms with Crippen LogP contribution in [0.25, 0.3) is 0 Å². The molecule has 0 aromatic carbocycles. The summed E-state index contributed by atoms with van der Waals surface area (Å²) in [5, 5.41) is 20.6. The van der Waals surface area contributed by atoms with Crippen LogP contribution in [-0.2, 0) is 14.4 Å². The highest BCUT2D eigenvalue weighted by molar-refractivity contribution is 5.96. The highest BCUT2D eigenvalue weighted by Gasteiger charge is 2.58. The molecular formula is C27H41N3O4. The van der Waals surface area contributed by atoms with Crippen LogP contribution in [0.15, 0.2) is 16.8 Å². The summed E-state index contributed by atoms with van der Waals surface area (Å²) in [6, 6.07) is -0.475. The van der Waals surface area contributed by atoms with Crippen LogP contribution >= 0.6 is 0 Å². The predicted molar refractivity (Wildman–Crippen MR) is 130 cm³/mol. The summed E-state index contributed by atoms with van der Waals surface area (Å²) >= 11 is 0. The Morgan fingerprint density at radius 1 is 1.15 bits per heavy atom. The van der Waals surface area contributed by atoms with E-state index in [9.17, 15) is 14.7 Å². The number of hydrogen-bond donors (Lipinski definition) is 3. The van der Waals surface area contributed by atoms with Gasteiger partial charge in [0.05, 0.1) is 11.8 Å². The molecule has 34 heavy (non-hydrogen) atoms. The van der Waals surface area contributed by atoms with Crippen molar-refractivity contribution in [1.29, 1.82) is 0 Å². The number of rotatable bonds is 4. The number of nitrogens with one attached hydrogen (secondary N) is 2. The van der Waals surface area contributed by atoms with E-state index in [1.807, 2.05) is 0 Å². The second-order valence-corrected chi connectivity index (χ2v) is 11.9. The lowest BCUT2D eigenvalue weighted by Gasteiger charge is -2.57. The molecule has 0 spiro atoms. The van der Waals surface area contributed by atoms with E-state index in [0.29, 0.717) is 24.8 Å². The summed E-state index contributed by atoms with van der Waals surface area (Å²) in [6.07, 6.45) is 13.4. The van der Waals surface area contributed by atoms with Gasteiger partial charge in [-0.2, -0.15) is 0 Å². The predicted octanol–water partition coefficient (Wildman–Crippen LogP) is 3.47. The minimum absolute atomic E-state index is 0.112. The van der Waals surface area contributed by atoms with Crippen molar-refractivity contribution in [3.8, 4) is 0 Å². The Morgan fingerprint density at radius 2 is 2.00 bits per heavy atom. The molecule has 1 saturated heterocycles. The first-order chi connectivity index (χ1) is 16.3. The number of aliphatic hydroxyl groups excluding tert-OH is 1. The molecule has 7 heteroatoms. The zero-order chi connectivity index (χ0) is 23.9. The van der Waals surface area contributed by atoms with Gasteiger partial charge in [0.1, 0.15) is 6.04 Å². The second kappa shape index (κ2) is 9.29. The van der Waals surface area contributed by atoms with Crippen molar-refractivity contribution in [2.75, 3.05) is 13.2 Å². The lowest BCUT2D eigenvalue weighted by Crippen LogP contribution is -2.51. The molecule has 7 nitrogen and oxygen atoms in total. The van der Waals surface area contributed by atoms with Crippen molar-refractivity contribution in [1.82, 2.24) is 10.6 Å². The van der Waals surface area contributed by atoms with Gasteiger partial charge in [0.2, 0.25) is 5.91 Å². The van der Waals surface area contributed by atoms with E-state index in [1.54, 1.807) is 0 Å². The Balaban J connectivity index is 1.19. The van der Waals surface area contributed by atoms with Crippen LogP contribution in [0.1, 0.15) is 84.5 Å². The fourth-order valence-corrected chi connectivity index (χ4v) is 8.10. The van der Waals surface area contributed by atoms with Crippen molar-refractivity contribution in [3.05, 3.63) is 11.6 Å². The number of nitrogens with zero attached hydrogens (tertiary/aromatic N) is 1. The topological polar surface area (TPSA) is 100 Å². The van der Waals surface area contributed by atoms with Crippen LogP contribution in [0, 0.1) is 28.6 Å². The second-order valence-electron chi connectivity index (χ2n) is 11.9. The normalized spacial score (nSPS) is 43.0. The van der Waals surface area contributed by atoms with Gasteiger partial charge in [0.25, 0.3) is 5.91 Å². The lowest BCUT2D eigenvalue weighted by molar-refractivity contribution is -0.131. The molecule has 0 radical (unpaired) electrons. The zero-order valence-electron chi connectivity index (χ0n) is 20.8. The maximum atomic E-state index is 12.3. The third-order valence-corrected chi connectivity index (χ3v) is 10.2. The third kappa shape index (κ3) is 4.18. The first-order valence-corrected chi connectivity index (χ1v) is 13.5. The molecule has 188 valence electrons. The van der Waals surface area contributed by atoms with Crippen LogP contribution in [0.3, 0.4) is 0 Å². The highest BCUT2D eigenvalue weighted by Crippen LogP contribution is 2.65. The minimum Gasteiger partial charge on any atom is -0.393 e. The van der Waals surface area contributed by atoms with Gasteiger partial charge in [-0.1, -0.05) is 24.6 Å². The maximum Gasteiger partial charge on any atom is 0.261 e. The van der Waals surface area contributed by atoms with Crippen molar-refractivity contribution < 1.29 is 19.5 Å². The zero-order valence-corrected chi connectivity index (χ0v) is 20.8. The van der Waals surface area contributed by atoms with E-state index >= 15 is 0 Å². The molecule has 2 amide bonds. The smallest absolute Gasteiger partial charge is 0.261 e. The van der Waals surface area contributed by atoms with Crippen LogP contribution < -0.4 is 10.6 Å². The van der Waals surface area contributed by atoms with Crippen LogP contribution in [-0.4, -0.2) is 47.9 Å². The summed E-state index contributed by atoms with van der Waals surface area (Å²) in [5.41, 5.74) is 2.74. The molecule has 5 rings (SSSR count). The minimum atomic E-state index is -0.475. The summed E-state index contributed by atoms with van der Waals surface area (Å²) < 4.78 is 0. The summed E-state index contributed by atoms with van der Waals surface area (Å²) in [7, 11) is 0. The Hall–Kier alpha value is -1.89. The molecule has 1 aliphatic heterocycles. The van der Waals surface area contributed by atoms with Gasteiger partial charge >= 0.3 is 0 Å². The van der Waals surface area contributed by atoms with Crippen LogP contribution in [0.4, 0.5) is 0 Å². The van der Waals surface area contributed by atoms with Crippen molar-refractivity contribution in [3.63, 3.8) is 0 Å². The van der Waals surface area contributed by atoms with Crippen molar-refractivity contribution in [2.24, 2.45) is 33.7 Å². The largest absolute Gasteiger partial charge is 0.393 e. The maximum absolute atomic E-state index is 12.3. The SMILES string of the molecule is C[C@]12CC[C@@H]3[C@H](CCC4=C/C(=N\OCC(=O)N[C@@H]5CCCCNC5=O)CC[C@@]43C)[C@@H]1CC[C@H]2O. The van der Waals surface area contributed by atoms with Crippen molar-refractivity contribution >= 4 is 17.5 Å². The Morgan fingerprint density at radius 3 is 2.85 bits per heavy atom. The van der Waals surface area contributed by atoms with E-state index < -0.39 is 6.04 Å². The van der Waals surface area contributed by atoms with E-state index in [4.69, 9.17) is 4.84 Å². The fourth-order valence-electron chi connectivity index (χ4n) is 8.10. The van der Waals surface area contributed by atoms with E-state index in [1.165, 1.54) is 24.8 Å². The number of amides is 2. The summed E-state index contributed by atoms with van der Waals surface area (Å²) in [6.45, 7) is 5.29. The molecule has 0 aromatic rings. The van der Waals surface area contributed by atoms with Crippen LogP contribution in [0.5, 0.6) is 0 Å². The van der Waals surface area contributed by atoms with E-state index in [-0.39, 0.29) is 35.4 Å². The fraction of sp³-hybridized carbons (Fsp3) is 0.815. The molecule has 0 unspecified atom stereocenters. The average Bonchev–Trinajstić information content (AvgIpc) is 2.97. The quantitative estimate of drug-likeness (QED) is 0.547. The van der Waals surface area contributed by atoms with Gasteiger partial charge in [-0.25, -0.2) is 0 Å². The number of allylic oxidation sites excluding steroid dienone is 2. The molecule has 1 heterocycles. The third-order valence-electron chi connectivity index (χ3n) is 10.2. The highest BCUT2D eigenvalue weighted by atomic mass is 16.6. The van der Waals surface area contributed by atoms with Gasteiger partial charge in [0, 0.05) is 6.54 Å². The molecule has 4 fully saturated rings. The van der Waals surface area contributed by atoms with Gasteiger partial charge in [-0.3, -0.25) is 9.59 Å². The van der Waals surface area contributed by atoms with Gasteiger partial charge in [0.15, 0.2) is 6.61 Å². The van der Waals surface area contributed by atoms with Gasteiger partial charge in [-0.05, 0) is 105 Å². The lowest BCUT2D eigenvalue weighted by atomic mass is 9.47. The molecule has 0 aromatic heterocycles. The first kappa shape index (κ1) is 23.8. The standard InChI is InChI=1S/C27H41N3O4/c1-26-12-10-18(30-34-16-24(32)29-22-5-3-4-14-28-25(22)33)15-17(26)6-7-19-20-8-9-23(31)27(20,2)13-11-21(19)26/h15,19-23,31H,3-14,16H2,1-2H3,(H,28,33)(H,29,32)/b30-18-/t19-,20+,21-,22-,23-,26+,27+/m1/s1. The monoisotopic (exact) mass is 471 g/mol. The van der Waals surface area contributed by atoms with Gasteiger partial charge in [-0.15, -0.1) is 0 Å². The summed E-state index contributed by atoms with van der Waals surface area (Å²) in [5.74, 6) is 1.66. The Kier molecular flexibility index (Phi) is 6.51. The average molecular weight is 472 g/mol. The Labute approximate surface area is 203 Å². The van der Waals surface area contributed by atoms with E-state index in [0.717, 1.165) is 56.6 Å². The Bertz CT molecular complexity index is 885. The molecule has 7 atom stereocenters. The number of fused-ring (bicyclic) bond motifs is 5. The summed E-state index contributed by atoms with van der Waals surface area (Å²) in [4.78, 5) is 29.7. The number of hydrogen-bond acceptors (Lipinski definition) is 5. The molecule has 4 aliphatic carbocycles. The number of carbonyl (C=O) groups is 2. The van der Waals surface area contributed by atoms with Gasteiger partial charge < -0.3 is 20.6 Å². The number of carbonyl (C=O) groups excluding carboxylic acids is 2. The number of aliphatic hydroxyl groups is 1. The van der Waals surface area contributed by atoms with E-state index in [2.05, 4.69) is 35.7 Å². The molecule has 3 saturated carbocycles. The molecular weight excluding hydrogens is 430 g/mol. The molecule has 5 aliphatic rings. The molecule has 0 bridgehead atoms. The van der Waals surface area contributed by atoms with Crippen LogP contribution in [0.2, 0.25) is 0 Å².